The number of hydrogen-bond acceptors (Lipinski definition) is 4. The molecule has 0 radical (unpaired) electrons. The highest BCUT2D eigenvalue weighted by Crippen LogP contribution is 2.37. The number of likely N-dealkylation sites (N-methyl/N-ethyl adjacent to an activating group) is 1. The van der Waals surface area contributed by atoms with E-state index in [1.807, 2.05) is 87.6 Å². The lowest BCUT2D eigenvalue weighted by Gasteiger charge is -2.43. The average molecular weight is 556 g/mol. The fourth-order valence-corrected chi connectivity index (χ4v) is 5.37. The normalized spacial score (nSPS) is 16.3. The van der Waals surface area contributed by atoms with E-state index in [0.717, 1.165) is 22.4 Å². The van der Waals surface area contributed by atoms with E-state index in [-0.39, 0.29) is 24.5 Å². The standard InChI is InChI=1S/C31H36Cl2N2O3/c1-22(2)38-26-11-7-8-23(18-26)19-30(36)34(3)21-29(24-12-13-27(32)28(33)20-24)35-16-14-31(37,15-17-35)25-9-5-4-6-10-25/h4-13,18,20,22,29,37H,14-17,19,21H2,1-3H3. The first kappa shape index (κ1) is 28.4. The number of piperidine rings is 1. The van der Waals surface area contributed by atoms with Gasteiger partial charge in [-0.15, -0.1) is 0 Å². The Morgan fingerprint density at radius 2 is 1.71 bits per heavy atom. The third-order valence-electron chi connectivity index (χ3n) is 7.20. The second-order valence-electron chi connectivity index (χ2n) is 10.4. The average Bonchev–Trinajstić information content (AvgIpc) is 2.90. The van der Waals surface area contributed by atoms with Crippen molar-refractivity contribution < 1.29 is 14.6 Å². The summed E-state index contributed by atoms with van der Waals surface area (Å²) in [6.45, 7) is 5.83. The molecule has 1 fully saturated rings. The number of halogens is 2. The first-order valence-corrected chi connectivity index (χ1v) is 13.9. The van der Waals surface area contributed by atoms with Crippen molar-refractivity contribution in [1.82, 2.24) is 9.80 Å². The molecule has 0 saturated carbocycles. The fraction of sp³-hybridized carbons (Fsp3) is 0.387. The van der Waals surface area contributed by atoms with Crippen LogP contribution in [0.2, 0.25) is 10.0 Å². The van der Waals surface area contributed by atoms with Gasteiger partial charge in [0.1, 0.15) is 5.75 Å². The lowest BCUT2D eigenvalue weighted by molar-refractivity contribution is -0.130. The minimum Gasteiger partial charge on any atom is -0.491 e. The number of hydrogen-bond donors (Lipinski definition) is 1. The molecule has 0 aliphatic carbocycles. The van der Waals surface area contributed by atoms with Gasteiger partial charge in [-0.25, -0.2) is 0 Å². The van der Waals surface area contributed by atoms with Crippen molar-refractivity contribution in [3.8, 4) is 5.75 Å². The maximum atomic E-state index is 13.3. The number of rotatable bonds is 9. The maximum Gasteiger partial charge on any atom is 0.226 e. The van der Waals surface area contributed by atoms with Gasteiger partial charge in [0.2, 0.25) is 5.91 Å². The van der Waals surface area contributed by atoms with Crippen molar-refractivity contribution in [2.24, 2.45) is 0 Å². The van der Waals surface area contributed by atoms with Gasteiger partial charge in [-0.2, -0.15) is 0 Å². The Bertz CT molecular complexity index is 1230. The van der Waals surface area contributed by atoms with Gasteiger partial charge in [0.25, 0.3) is 0 Å². The van der Waals surface area contributed by atoms with Crippen LogP contribution in [-0.4, -0.2) is 53.6 Å². The first-order chi connectivity index (χ1) is 18.1. The number of nitrogens with zero attached hydrogens (tertiary/aromatic N) is 2. The Kier molecular flexibility index (Phi) is 9.37. The molecule has 0 spiro atoms. The summed E-state index contributed by atoms with van der Waals surface area (Å²) in [5, 5.41) is 12.4. The monoisotopic (exact) mass is 554 g/mol. The molecule has 0 bridgehead atoms. The Balaban J connectivity index is 1.49. The third-order valence-corrected chi connectivity index (χ3v) is 7.94. The summed E-state index contributed by atoms with van der Waals surface area (Å²) in [5.41, 5.74) is 2.00. The highest BCUT2D eigenvalue weighted by atomic mass is 35.5. The minimum atomic E-state index is -0.856. The zero-order valence-corrected chi connectivity index (χ0v) is 23.8. The lowest BCUT2D eigenvalue weighted by atomic mass is 9.83. The van der Waals surface area contributed by atoms with Crippen molar-refractivity contribution in [3.63, 3.8) is 0 Å². The zero-order valence-electron chi connectivity index (χ0n) is 22.2. The maximum absolute atomic E-state index is 13.3. The second-order valence-corrected chi connectivity index (χ2v) is 11.2. The summed E-state index contributed by atoms with van der Waals surface area (Å²) < 4.78 is 5.79. The molecule has 38 heavy (non-hydrogen) atoms. The first-order valence-electron chi connectivity index (χ1n) is 13.1. The molecule has 1 unspecified atom stereocenters. The Hall–Kier alpha value is -2.57. The minimum absolute atomic E-state index is 0.0227. The summed E-state index contributed by atoms with van der Waals surface area (Å²) in [6, 6.07) is 23.1. The van der Waals surface area contributed by atoms with Crippen LogP contribution in [-0.2, 0) is 16.8 Å². The van der Waals surface area contributed by atoms with E-state index >= 15 is 0 Å². The molecule has 5 nitrogen and oxygen atoms in total. The van der Waals surface area contributed by atoms with Crippen LogP contribution in [0.3, 0.4) is 0 Å². The van der Waals surface area contributed by atoms with Gasteiger partial charge in [-0.1, -0.05) is 71.7 Å². The van der Waals surface area contributed by atoms with Crippen molar-refractivity contribution >= 4 is 29.1 Å². The van der Waals surface area contributed by atoms with Crippen LogP contribution in [0.5, 0.6) is 5.75 Å². The van der Waals surface area contributed by atoms with E-state index in [0.29, 0.717) is 42.5 Å². The number of carbonyl (C=O) groups is 1. The summed E-state index contributed by atoms with van der Waals surface area (Å²) in [5.74, 6) is 0.787. The van der Waals surface area contributed by atoms with Gasteiger partial charge in [0.05, 0.1) is 34.2 Å². The molecule has 1 N–H and O–H groups in total. The zero-order chi connectivity index (χ0) is 27.3. The van der Waals surface area contributed by atoms with Crippen molar-refractivity contribution in [3.05, 3.63) is 99.5 Å². The third kappa shape index (κ3) is 7.09. The molecule has 1 aliphatic heterocycles. The van der Waals surface area contributed by atoms with E-state index < -0.39 is 5.60 Å². The van der Waals surface area contributed by atoms with Crippen LogP contribution in [0.25, 0.3) is 0 Å². The van der Waals surface area contributed by atoms with E-state index in [4.69, 9.17) is 27.9 Å². The number of benzene rings is 3. The highest BCUT2D eigenvalue weighted by Gasteiger charge is 2.37. The number of aliphatic hydroxyl groups is 1. The molecule has 1 atom stereocenters. The van der Waals surface area contributed by atoms with Crippen LogP contribution < -0.4 is 4.74 Å². The van der Waals surface area contributed by atoms with Crippen LogP contribution >= 0.6 is 23.2 Å². The lowest BCUT2D eigenvalue weighted by Crippen LogP contribution is -2.47. The molecule has 3 aromatic rings. The quantitative estimate of drug-likeness (QED) is 0.327. The SMILES string of the molecule is CC(C)Oc1cccc(CC(=O)N(C)CC(c2ccc(Cl)c(Cl)c2)N2CCC(O)(c3ccccc3)CC2)c1. The van der Waals surface area contributed by atoms with Gasteiger partial charge in [-0.05, 0) is 67.6 Å². The van der Waals surface area contributed by atoms with Gasteiger partial charge in [0.15, 0.2) is 0 Å². The molecule has 4 rings (SSSR count). The molecular formula is C31H36Cl2N2O3. The van der Waals surface area contributed by atoms with Crippen LogP contribution in [0.15, 0.2) is 72.8 Å². The smallest absolute Gasteiger partial charge is 0.226 e. The number of ether oxygens (including phenoxy) is 1. The molecule has 1 saturated heterocycles. The molecular weight excluding hydrogens is 519 g/mol. The van der Waals surface area contributed by atoms with Gasteiger partial charge in [-0.3, -0.25) is 9.69 Å². The number of carbonyl (C=O) groups excluding carboxylic acids is 1. The van der Waals surface area contributed by atoms with E-state index in [9.17, 15) is 9.90 Å². The summed E-state index contributed by atoms with van der Waals surface area (Å²) >= 11 is 12.6. The predicted octanol–water partition coefficient (Wildman–Crippen LogP) is 6.51. The molecule has 202 valence electrons. The molecule has 1 heterocycles. The second kappa shape index (κ2) is 12.5. The Morgan fingerprint density at radius 3 is 2.37 bits per heavy atom. The van der Waals surface area contributed by atoms with Crippen molar-refractivity contribution in [2.45, 2.75) is 50.9 Å². The van der Waals surface area contributed by atoms with Crippen molar-refractivity contribution in [2.75, 3.05) is 26.7 Å². The Morgan fingerprint density at radius 1 is 1.00 bits per heavy atom. The topological polar surface area (TPSA) is 53.0 Å². The number of likely N-dealkylation sites (tertiary alicyclic amines) is 1. The highest BCUT2D eigenvalue weighted by molar-refractivity contribution is 6.42. The predicted molar refractivity (Wildman–Crippen MR) is 154 cm³/mol. The van der Waals surface area contributed by atoms with E-state index in [2.05, 4.69) is 4.90 Å². The van der Waals surface area contributed by atoms with Gasteiger partial charge < -0.3 is 14.7 Å². The number of amides is 1. The molecule has 1 aliphatic rings. The van der Waals surface area contributed by atoms with Gasteiger partial charge >= 0.3 is 0 Å². The van der Waals surface area contributed by atoms with E-state index in [1.54, 1.807) is 11.0 Å². The van der Waals surface area contributed by atoms with Crippen LogP contribution in [0.4, 0.5) is 0 Å². The van der Waals surface area contributed by atoms with Crippen LogP contribution in [0, 0.1) is 0 Å². The summed E-state index contributed by atoms with van der Waals surface area (Å²) in [7, 11) is 1.84. The fourth-order valence-electron chi connectivity index (χ4n) is 5.07. The van der Waals surface area contributed by atoms with Crippen molar-refractivity contribution in [1.29, 1.82) is 0 Å². The van der Waals surface area contributed by atoms with E-state index in [1.165, 1.54) is 0 Å². The van der Waals surface area contributed by atoms with Crippen LogP contribution in [0.1, 0.15) is 49.4 Å². The largest absolute Gasteiger partial charge is 0.491 e. The molecule has 3 aromatic carbocycles. The molecule has 1 amide bonds. The molecule has 0 aromatic heterocycles. The summed E-state index contributed by atoms with van der Waals surface area (Å²) in [6.07, 6.45) is 1.57. The van der Waals surface area contributed by atoms with Gasteiger partial charge in [0, 0.05) is 26.7 Å². The summed E-state index contributed by atoms with van der Waals surface area (Å²) in [4.78, 5) is 17.4. The molecule has 7 heteroatoms. The Labute approximate surface area is 235 Å².